The maximum Gasteiger partial charge on any atom is 0.150 e. The summed E-state index contributed by atoms with van der Waals surface area (Å²) in [6.07, 6.45) is 8.81. The molecule has 1 aromatic carbocycles. The quantitative estimate of drug-likeness (QED) is 0.538. The zero-order valence-electron chi connectivity index (χ0n) is 13.2. The van der Waals surface area contributed by atoms with Crippen molar-refractivity contribution in [1.82, 2.24) is 4.98 Å². The Morgan fingerprint density at radius 1 is 1.35 bits per heavy atom. The van der Waals surface area contributed by atoms with E-state index in [-0.39, 0.29) is 5.83 Å². The standard InChI is InChI=1S/C20H20FNO/c1-3-15(13-18(21)4-2)8-9-20-19(10-11-22-20)17-7-5-6-16(12-17)14-23/h3-7,10-14,22H,2,8-9H2,1H3/b15-3-,18-13+. The highest BCUT2D eigenvalue weighted by Gasteiger charge is 2.08. The molecule has 1 N–H and O–H groups in total. The summed E-state index contributed by atoms with van der Waals surface area (Å²) in [5.41, 5.74) is 4.71. The number of benzene rings is 1. The number of aromatic amines is 1. The van der Waals surface area contributed by atoms with Crippen molar-refractivity contribution in [1.29, 1.82) is 0 Å². The Bertz CT molecular complexity index is 753. The Labute approximate surface area is 136 Å². The average molecular weight is 309 g/mol. The highest BCUT2D eigenvalue weighted by Crippen LogP contribution is 2.25. The predicted octanol–water partition coefficient (Wildman–Crippen LogP) is 5.41. The molecule has 118 valence electrons. The summed E-state index contributed by atoms with van der Waals surface area (Å²) in [6.45, 7) is 5.32. The van der Waals surface area contributed by atoms with E-state index in [1.54, 1.807) is 6.07 Å². The maximum absolute atomic E-state index is 13.3. The SMILES string of the molecule is C=C/C(F)=C\C(=C/C)CCc1[nH]ccc1-c1cccc(C=O)c1. The van der Waals surface area contributed by atoms with E-state index >= 15 is 0 Å². The van der Waals surface area contributed by atoms with Crippen LogP contribution in [0.3, 0.4) is 0 Å². The molecule has 1 heterocycles. The second-order valence-corrected chi connectivity index (χ2v) is 5.21. The number of carbonyl (C=O) groups is 1. The van der Waals surface area contributed by atoms with Gasteiger partial charge >= 0.3 is 0 Å². The summed E-state index contributed by atoms with van der Waals surface area (Å²) in [5.74, 6) is -0.330. The topological polar surface area (TPSA) is 32.9 Å². The highest BCUT2D eigenvalue weighted by molar-refractivity contribution is 5.79. The van der Waals surface area contributed by atoms with E-state index in [9.17, 15) is 9.18 Å². The first-order chi connectivity index (χ1) is 11.2. The number of carbonyl (C=O) groups excluding carboxylic acids is 1. The average Bonchev–Trinajstić information content (AvgIpc) is 3.06. The molecule has 0 amide bonds. The molecule has 0 saturated heterocycles. The van der Waals surface area contributed by atoms with Crippen molar-refractivity contribution in [2.45, 2.75) is 19.8 Å². The van der Waals surface area contributed by atoms with Crippen LogP contribution in [0.25, 0.3) is 11.1 Å². The van der Waals surface area contributed by atoms with Crippen LogP contribution in [0.4, 0.5) is 4.39 Å². The van der Waals surface area contributed by atoms with Crippen molar-refractivity contribution in [3.63, 3.8) is 0 Å². The van der Waals surface area contributed by atoms with Gasteiger partial charge in [0.15, 0.2) is 0 Å². The van der Waals surface area contributed by atoms with Crippen LogP contribution in [0, 0.1) is 0 Å². The molecule has 0 spiro atoms. The Kier molecular flexibility index (Phi) is 5.87. The summed E-state index contributed by atoms with van der Waals surface area (Å²) in [4.78, 5) is 14.2. The van der Waals surface area contributed by atoms with Crippen LogP contribution in [0.5, 0.6) is 0 Å². The van der Waals surface area contributed by atoms with E-state index in [1.165, 1.54) is 12.2 Å². The third-order valence-electron chi connectivity index (χ3n) is 3.72. The van der Waals surface area contributed by atoms with Gasteiger partial charge in [0.25, 0.3) is 0 Å². The molecule has 0 aliphatic heterocycles. The second kappa shape index (κ2) is 8.08. The number of aromatic nitrogens is 1. The largest absolute Gasteiger partial charge is 0.364 e. The first kappa shape index (κ1) is 16.7. The lowest BCUT2D eigenvalue weighted by atomic mass is 10.00. The van der Waals surface area contributed by atoms with E-state index in [0.29, 0.717) is 5.56 Å². The van der Waals surface area contributed by atoms with Crippen LogP contribution in [-0.2, 0) is 6.42 Å². The molecule has 2 nitrogen and oxygen atoms in total. The van der Waals surface area contributed by atoms with Gasteiger partial charge in [-0.2, -0.15) is 0 Å². The van der Waals surface area contributed by atoms with E-state index in [1.807, 2.05) is 43.5 Å². The molecule has 1 aromatic heterocycles. The normalized spacial score (nSPS) is 12.3. The van der Waals surface area contributed by atoms with Crippen LogP contribution in [0.15, 0.2) is 72.7 Å². The minimum Gasteiger partial charge on any atom is -0.364 e. The first-order valence-corrected chi connectivity index (χ1v) is 7.54. The highest BCUT2D eigenvalue weighted by atomic mass is 19.1. The fraction of sp³-hybridized carbons (Fsp3) is 0.150. The fourth-order valence-electron chi connectivity index (χ4n) is 2.47. The number of nitrogens with one attached hydrogen (secondary N) is 1. The monoisotopic (exact) mass is 309 g/mol. The van der Waals surface area contributed by atoms with Crippen LogP contribution in [0.2, 0.25) is 0 Å². The van der Waals surface area contributed by atoms with Crippen molar-refractivity contribution < 1.29 is 9.18 Å². The molecule has 0 radical (unpaired) electrons. The molecule has 2 aromatic rings. The number of hydrogen-bond donors (Lipinski definition) is 1. The van der Waals surface area contributed by atoms with Crippen LogP contribution in [0.1, 0.15) is 29.4 Å². The summed E-state index contributed by atoms with van der Waals surface area (Å²) < 4.78 is 13.3. The summed E-state index contributed by atoms with van der Waals surface area (Å²) >= 11 is 0. The van der Waals surface area contributed by atoms with Gasteiger partial charge < -0.3 is 4.98 Å². The van der Waals surface area contributed by atoms with Gasteiger partial charge in [-0.1, -0.05) is 30.9 Å². The molecule has 0 atom stereocenters. The van der Waals surface area contributed by atoms with Crippen molar-refractivity contribution in [2.75, 3.05) is 0 Å². The van der Waals surface area contributed by atoms with Gasteiger partial charge in [-0.05, 0) is 55.2 Å². The third kappa shape index (κ3) is 4.39. The predicted molar refractivity (Wildman–Crippen MR) is 93.1 cm³/mol. The molecular weight excluding hydrogens is 289 g/mol. The van der Waals surface area contributed by atoms with E-state index < -0.39 is 0 Å². The Morgan fingerprint density at radius 2 is 2.17 bits per heavy atom. The van der Waals surface area contributed by atoms with Gasteiger partial charge in [0, 0.05) is 23.0 Å². The van der Waals surface area contributed by atoms with E-state index in [0.717, 1.165) is 41.5 Å². The smallest absolute Gasteiger partial charge is 0.150 e. The molecule has 3 heteroatoms. The molecule has 0 fully saturated rings. The number of H-pyrrole nitrogens is 1. The third-order valence-corrected chi connectivity index (χ3v) is 3.72. The minimum absolute atomic E-state index is 0.330. The molecule has 23 heavy (non-hydrogen) atoms. The van der Waals surface area contributed by atoms with Gasteiger partial charge in [0.1, 0.15) is 12.1 Å². The van der Waals surface area contributed by atoms with Crippen LogP contribution >= 0.6 is 0 Å². The number of rotatable bonds is 7. The minimum atomic E-state index is -0.330. The van der Waals surface area contributed by atoms with Gasteiger partial charge in [-0.25, -0.2) is 4.39 Å². The molecular formula is C20H20FNO. The fourth-order valence-corrected chi connectivity index (χ4v) is 2.47. The zero-order chi connectivity index (χ0) is 16.7. The molecule has 0 aliphatic rings. The summed E-state index contributed by atoms with van der Waals surface area (Å²) in [5, 5.41) is 0. The summed E-state index contributed by atoms with van der Waals surface area (Å²) in [6, 6.07) is 9.49. The molecule has 2 rings (SSSR count). The van der Waals surface area contributed by atoms with Gasteiger partial charge in [-0.3, -0.25) is 4.79 Å². The van der Waals surface area contributed by atoms with Crippen molar-refractivity contribution in [3.05, 3.63) is 84.0 Å². The maximum atomic E-state index is 13.3. The molecule has 0 aliphatic carbocycles. The lowest BCUT2D eigenvalue weighted by Gasteiger charge is -2.06. The number of aryl methyl sites for hydroxylation is 1. The Morgan fingerprint density at radius 3 is 2.87 bits per heavy atom. The lowest BCUT2D eigenvalue weighted by Crippen LogP contribution is -1.92. The second-order valence-electron chi connectivity index (χ2n) is 5.21. The number of hydrogen-bond acceptors (Lipinski definition) is 1. The molecule has 0 saturated carbocycles. The van der Waals surface area contributed by atoms with Crippen molar-refractivity contribution in [2.24, 2.45) is 0 Å². The van der Waals surface area contributed by atoms with Crippen molar-refractivity contribution >= 4 is 6.29 Å². The molecule has 0 bridgehead atoms. The number of allylic oxidation sites excluding steroid dienone is 5. The van der Waals surface area contributed by atoms with Gasteiger partial charge in [-0.15, -0.1) is 0 Å². The lowest BCUT2D eigenvalue weighted by molar-refractivity contribution is 0.112. The van der Waals surface area contributed by atoms with Crippen LogP contribution in [-0.4, -0.2) is 11.3 Å². The first-order valence-electron chi connectivity index (χ1n) is 7.54. The number of aldehydes is 1. The Hall–Kier alpha value is -2.68. The number of halogens is 1. The zero-order valence-corrected chi connectivity index (χ0v) is 13.2. The Balaban J connectivity index is 2.18. The van der Waals surface area contributed by atoms with E-state index in [2.05, 4.69) is 11.6 Å². The van der Waals surface area contributed by atoms with Crippen LogP contribution < -0.4 is 0 Å². The van der Waals surface area contributed by atoms with Gasteiger partial charge in [0.2, 0.25) is 0 Å². The van der Waals surface area contributed by atoms with Crippen molar-refractivity contribution in [3.8, 4) is 11.1 Å². The summed E-state index contributed by atoms with van der Waals surface area (Å²) in [7, 11) is 0. The molecule has 0 unspecified atom stereocenters. The van der Waals surface area contributed by atoms with E-state index in [4.69, 9.17) is 0 Å². The van der Waals surface area contributed by atoms with Gasteiger partial charge in [0.05, 0.1) is 0 Å².